The Hall–Kier alpha value is -3.01. The summed E-state index contributed by atoms with van der Waals surface area (Å²) in [6.07, 6.45) is 2.00. The third-order valence-electron chi connectivity index (χ3n) is 5.42. The van der Waals surface area contributed by atoms with Gasteiger partial charge in [-0.3, -0.25) is 4.90 Å². The third kappa shape index (κ3) is 2.33. The standard InChI is InChI=1S/C19H16F2N4O/c1-9-6-11-16(17-13(21)4-3-12(20)15(9)17)18(11)25(19(23)26)14-5-2-10(7-22)8-24-14/h2-5,8-9,11,16,18H,6H2,1H3,(H2,23,26)/t9?,11-,16-,18?/m0/s1. The van der Waals surface area contributed by atoms with Crippen LogP contribution in [0.25, 0.3) is 0 Å². The number of benzene rings is 1. The van der Waals surface area contributed by atoms with Crippen LogP contribution in [0.4, 0.5) is 19.4 Å². The Bertz CT molecular complexity index is 938. The van der Waals surface area contributed by atoms with Gasteiger partial charge < -0.3 is 5.73 Å². The van der Waals surface area contributed by atoms with Gasteiger partial charge in [0.2, 0.25) is 0 Å². The van der Waals surface area contributed by atoms with E-state index < -0.39 is 17.7 Å². The van der Waals surface area contributed by atoms with Gasteiger partial charge >= 0.3 is 6.03 Å². The number of anilines is 1. The van der Waals surface area contributed by atoms with Gasteiger partial charge in [-0.1, -0.05) is 6.92 Å². The highest BCUT2D eigenvalue weighted by molar-refractivity contribution is 5.91. The molecule has 26 heavy (non-hydrogen) atoms. The summed E-state index contributed by atoms with van der Waals surface area (Å²) in [4.78, 5) is 17.6. The lowest BCUT2D eigenvalue weighted by Crippen LogP contribution is -2.39. The zero-order valence-electron chi connectivity index (χ0n) is 14.0. The summed E-state index contributed by atoms with van der Waals surface area (Å²) in [5.41, 5.74) is 6.67. The smallest absolute Gasteiger partial charge is 0.320 e. The number of carbonyl (C=O) groups excluding carboxylic acids is 1. The van der Waals surface area contributed by atoms with E-state index in [1.54, 1.807) is 12.1 Å². The molecule has 4 rings (SSSR count). The Morgan fingerprint density at radius 3 is 2.54 bits per heavy atom. The van der Waals surface area contributed by atoms with E-state index in [-0.39, 0.29) is 23.8 Å². The lowest BCUT2D eigenvalue weighted by atomic mass is 9.83. The van der Waals surface area contributed by atoms with Crippen molar-refractivity contribution in [2.45, 2.75) is 31.2 Å². The minimum absolute atomic E-state index is 0.00116. The lowest BCUT2D eigenvalue weighted by molar-refractivity contribution is 0.253. The summed E-state index contributed by atoms with van der Waals surface area (Å²) in [7, 11) is 0. The highest BCUT2D eigenvalue weighted by atomic mass is 19.1. The fourth-order valence-electron chi connectivity index (χ4n) is 4.33. The minimum atomic E-state index is -0.701. The number of nitriles is 1. The van der Waals surface area contributed by atoms with E-state index in [4.69, 9.17) is 11.0 Å². The highest BCUT2D eigenvalue weighted by Crippen LogP contribution is 2.61. The molecule has 2 amide bonds. The van der Waals surface area contributed by atoms with E-state index in [9.17, 15) is 13.6 Å². The van der Waals surface area contributed by atoms with E-state index in [0.29, 0.717) is 28.9 Å². The predicted octanol–water partition coefficient (Wildman–Crippen LogP) is 3.41. The molecular weight excluding hydrogens is 338 g/mol. The van der Waals surface area contributed by atoms with Crippen LogP contribution in [-0.4, -0.2) is 17.1 Å². The number of nitrogens with two attached hydrogens (primary N) is 1. The summed E-state index contributed by atoms with van der Waals surface area (Å²) >= 11 is 0. The average molecular weight is 354 g/mol. The molecule has 2 aliphatic rings. The largest absolute Gasteiger partial charge is 0.351 e. The molecule has 1 fully saturated rings. The van der Waals surface area contributed by atoms with Crippen LogP contribution in [0.5, 0.6) is 0 Å². The number of urea groups is 1. The SMILES string of the molecule is CC1C[C@@H]2C(N(C(N)=O)c3ccc(C#N)cn3)[C@@H]2c2c(F)ccc(F)c21. The van der Waals surface area contributed by atoms with Crippen LogP contribution in [0.2, 0.25) is 0 Å². The molecule has 132 valence electrons. The predicted molar refractivity (Wildman–Crippen MR) is 90.4 cm³/mol. The Kier molecular flexibility index (Phi) is 3.65. The van der Waals surface area contributed by atoms with Gasteiger partial charge in [-0.05, 0) is 53.6 Å². The molecule has 2 aliphatic carbocycles. The maximum Gasteiger partial charge on any atom is 0.320 e. The van der Waals surface area contributed by atoms with E-state index in [1.807, 2.05) is 13.0 Å². The van der Waals surface area contributed by atoms with Crippen molar-refractivity contribution in [1.29, 1.82) is 5.26 Å². The number of carbonyl (C=O) groups is 1. The zero-order valence-corrected chi connectivity index (χ0v) is 14.0. The van der Waals surface area contributed by atoms with Gasteiger partial charge in [-0.15, -0.1) is 0 Å². The monoisotopic (exact) mass is 354 g/mol. The Labute approximate surface area is 149 Å². The van der Waals surface area contributed by atoms with Crippen molar-refractivity contribution in [3.63, 3.8) is 0 Å². The topological polar surface area (TPSA) is 83.0 Å². The number of halogens is 2. The quantitative estimate of drug-likeness (QED) is 0.897. The van der Waals surface area contributed by atoms with Gasteiger partial charge in [-0.25, -0.2) is 18.6 Å². The molecule has 1 saturated carbocycles. The Balaban J connectivity index is 1.75. The van der Waals surface area contributed by atoms with Crippen LogP contribution < -0.4 is 10.6 Å². The first-order chi connectivity index (χ1) is 12.4. The summed E-state index contributed by atoms with van der Waals surface area (Å²) in [6.45, 7) is 1.86. The first kappa shape index (κ1) is 16.5. The van der Waals surface area contributed by atoms with Crippen molar-refractivity contribution in [3.05, 3.63) is 58.8 Å². The molecule has 2 aromatic rings. The van der Waals surface area contributed by atoms with Crippen LogP contribution in [0.3, 0.4) is 0 Å². The Morgan fingerprint density at radius 1 is 1.27 bits per heavy atom. The first-order valence-electron chi connectivity index (χ1n) is 8.36. The number of hydrogen-bond donors (Lipinski definition) is 1. The van der Waals surface area contributed by atoms with E-state index in [2.05, 4.69) is 4.98 Å². The van der Waals surface area contributed by atoms with Crippen molar-refractivity contribution in [2.24, 2.45) is 11.7 Å². The van der Waals surface area contributed by atoms with Gasteiger partial charge in [-0.2, -0.15) is 5.26 Å². The molecule has 1 heterocycles. The number of rotatable bonds is 2. The summed E-state index contributed by atoms with van der Waals surface area (Å²) < 4.78 is 28.8. The first-order valence-corrected chi connectivity index (χ1v) is 8.36. The molecule has 5 nitrogen and oxygen atoms in total. The normalized spacial score (nSPS) is 25.6. The second-order valence-corrected chi connectivity index (χ2v) is 6.90. The summed E-state index contributed by atoms with van der Waals surface area (Å²) in [5.74, 6) is -1.01. The van der Waals surface area contributed by atoms with Gasteiger partial charge in [0.1, 0.15) is 23.5 Å². The maximum absolute atomic E-state index is 14.5. The van der Waals surface area contributed by atoms with Crippen molar-refractivity contribution in [2.75, 3.05) is 4.90 Å². The number of nitrogens with zero attached hydrogens (tertiary/aromatic N) is 3. The number of primary amides is 1. The molecule has 1 aromatic carbocycles. The molecule has 0 spiro atoms. The van der Waals surface area contributed by atoms with Gasteiger partial charge in [0.05, 0.1) is 11.6 Å². The lowest BCUT2D eigenvalue weighted by Gasteiger charge is -2.22. The van der Waals surface area contributed by atoms with Crippen molar-refractivity contribution in [3.8, 4) is 6.07 Å². The molecule has 4 atom stereocenters. The van der Waals surface area contributed by atoms with Crippen LogP contribution in [0.15, 0.2) is 30.5 Å². The Morgan fingerprint density at radius 2 is 1.96 bits per heavy atom. The van der Waals surface area contributed by atoms with Crippen molar-refractivity contribution >= 4 is 11.8 Å². The molecule has 0 aliphatic heterocycles. The number of amides is 2. The maximum atomic E-state index is 14.5. The molecule has 0 radical (unpaired) electrons. The fraction of sp³-hybridized carbons (Fsp3) is 0.316. The fourth-order valence-corrected chi connectivity index (χ4v) is 4.33. The van der Waals surface area contributed by atoms with Crippen molar-refractivity contribution < 1.29 is 13.6 Å². The molecule has 0 saturated heterocycles. The molecule has 0 bridgehead atoms. The van der Waals surface area contributed by atoms with Gasteiger partial charge in [0.25, 0.3) is 0 Å². The number of hydrogen-bond acceptors (Lipinski definition) is 3. The van der Waals surface area contributed by atoms with Gasteiger partial charge in [0, 0.05) is 12.1 Å². The molecule has 2 unspecified atom stereocenters. The molecule has 1 aromatic heterocycles. The second kappa shape index (κ2) is 5.77. The molecule has 2 N–H and O–H groups in total. The third-order valence-corrected chi connectivity index (χ3v) is 5.42. The second-order valence-electron chi connectivity index (χ2n) is 6.90. The van der Waals surface area contributed by atoms with Gasteiger partial charge in [0.15, 0.2) is 0 Å². The van der Waals surface area contributed by atoms with Crippen LogP contribution >= 0.6 is 0 Å². The van der Waals surface area contributed by atoms with Crippen LogP contribution in [0.1, 0.15) is 41.9 Å². The molecular formula is C19H16F2N4O. The zero-order chi connectivity index (χ0) is 18.6. The number of aromatic nitrogens is 1. The number of pyridine rings is 1. The summed E-state index contributed by atoms with van der Waals surface area (Å²) in [5, 5.41) is 8.89. The molecule has 7 heteroatoms. The van der Waals surface area contributed by atoms with Crippen LogP contribution in [-0.2, 0) is 0 Å². The average Bonchev–Trinajstić information content (AvgIpc) is 3.31. The number of fused-ring (bicyclic) bond motifs is 3. The highest BCUT2D eigenvalue weighted by Gasteiger charge is 2.60. The summed E-state index contributed by atoms with van der Waals surface area (Å²) in [6, 6.07) is 6.26. The van der Waals surface area contributed by atoms with E-state index in [0.717, 1.165) is 12.1 Å². The van der Waals surface area contributed by atoms with Crippen LogP contribution in [0, 0.1) is 28.9 Å². The van der Waals surface area contributed by atoms with Crippen molar-refractivity contribution in [1.82, 2.24) is 4.98 Å². The minimum Gasteiger partial charge on any atom is -0.351 e. The van der Waals surface area contributed by atoms with E-state index in [1.165, 1.54) is 11.1 Å². The van der Waals surface area contributed by atoms with E-state index >= 15 is 0 Å².